The summed E-state index contributed by atoms with van der Waals surface area (Å²) in [5.74, 6) is 1.95. The first-order valence-corrected chi connectivity index (χ1v) is 8.62. The predicted octanol–water partition coefficient (Wildman–Crippen LogP) is 4.24. The van der Waals surface area contributed by atoms with Crippen LogP contribution in [0, 0.1) is 6.92 Å². The second kappa shape index (κ2) is 8.49. The highest BCUT2D eigenvalue weighted by molar-refractivity contribution is 6.30. The van der Waals surface area contributed by atoms with Crippen LogP contribution in [0.25, 0.3) is 0 Å². The van der Waals surface area contributed by atoms with Gasteiger partial charge >= 0.3 is 0 Å². The molecule has 0 saturated heterocycles. The first-order chi connectivity index (χ1) is 12.7. The Labute approximate surface area is 157 Å². The molecule has 0 aliphatic carbocycles. The zero-order chi connectivity index (χ0) is 18.4. The van der Waals surface area contributed by atoms with Crippen molar-refractivity contribution < 1.29 is 4.74 Å². The molecule has 3 aromatic rings. The first kappa shape index (κ1) is 17.9. The lowest BCUT2D eigenvalue weighted by Gasteiger charge is -2.11. The standard InChI is InChI=1S/C19H20ClN5O/c1-13-7-8-15(20)11-16(13)23-19-24-18(12-22-25-19)21-10-9-14-5-3-4-6-17(14)26-2/h3-8,11-12H,9-10H2,1-2H3,(H2,21,23,24,25). The summed E-state index contributed by atoms with van der Waals surface area (Å²) < 4.78 is 5.37. The van der Waals surface area contributed by atoms with Crippen LogP contribution in [0.15, 0.2) is 48.7 Å². The average molecular weight is 370 g/mol. The highest BCUT2D eigenvalue weighted by atomic mass is 35.5. The smallest absolute Gasteiger partial charge is 0.249 e. The van der Waals surface area contributed by atoms with Crippen molar-refractivity contribution in [3.05, 3.63) is 64.8 Å². The fraction of sp³-hybridized carbons (Fsp3) is 0.211. The minimum absolute atomic E-state index is 0.414. The molecule has 0 radical (unpaired) electrons. The maximum atomic E-state index is 6.05. The van der Waals surface area contributed by atoms with E-state index in [4.69, 9.17) is 16.3 Å². The second-order valence-corrected chi connectivity index (χ2v) is 6.17. The summed E-state index contributed by atoms with van der Waals surface area (Å²) in [5, 5.41) is 15.1. The van der Waals surface area contributed by atoms with Crippen molar-refractivity contribution in [1.82, 2.24) is 15.2 Å². The quantitative estimate of drug-likeness (QED) is 0.649. The summed E-state index contributed by atoms with van der Waals surface area (Å²) in [6, 6.07) is 13.6. The molecule has 0 bridgehead atoms. The third-order valence-electron chi connectivity index (χ3n) is 3.90. The summed E-state index contributed by atoms with van der Waals surface area (Å²) in [6.45, 7) is 2.69. The van der Waals surface area contributed by atoms with Crippen LogP contribution in [0.2, 0.25) is 5.02 Å². The molecule has 0 aliphatic rings. The van der Waals surface area contributed by atoms with E-state index >= 15 is 0 Å². The van der Waals surface area contributed by atoms with E-state index in [1.807, 2.05) is 49.4 Å². The van der Waals surface area contributed by atoms with Gasteiger partial charge in [0.25, 0.3) is 0 Å². The number of aromatic nitrogens is 3. The van der Waals surface area contributed by atoms with Crippen LogP contribution in [0.5, 0.6) is 5.75 Å². The van der Waals surface area contributed by atoms with Crippen LogP contribution >= 0.6 is 11.6 Å². The Kier molecular flexibility index (Phi) is 5.86. The number of rotatable bonds is 7. The van der Waals surface area contributed by atoms with Crippen LogP contribution in [-0.4, -0.2) is 28.8 Å². The fourth-order valence-corrected chi connectivity index (χ4v) is 2.70. The lowest BCUT2D eigenvalue weighted by atomic mass is 10.1. The van der Waals surface area contributed by atoms with E-state index in [1.165, 1.54) is 0 Å². The third-order valence-corrected chi connectivity index (χ3v) is 4.13. The summed E-state index contributed by atoms with van der Waals surface area (Å²) in [7, 11) is 1.68. The zero-order valence-electron chi connectivity index (χ0n) is 14.7. The number of nitrogens with zero attached hydrogens (tertiary/aromatic N) is 3. The van der Waals surface area contributed by atoms with Gasteiger partial charge in [-0.2, -0.15) is 10.1 Å². The van der Waals surface area contributed by atoms with Gasteiger partial charge in [-0.25, -0.2) is 0 Å². The molecule has 0 fully saturated rings. The van der Waals surface area contributed by atoms with Gasteiger partial charge in [0.15, 0.2) is 5.82 Å². The van der Waals surface area contributed by atoms with Crippen molar-refractivity contribution in [1.29, 1.82) is 0 Å². The number of ether oxygens (including phenoxy) is 1. The monoisotopic (exact) mass is 369 g/mol. The van der Waals surface area contributed by atoms with Crippen molar-refractivity contribution in [2.75, 3.05) is 24.3 Å². The van der Waals surface area contributed by atoms with E-state index in [0.29, 0.717) is 23.3 Å². The minimum Gasteiger partial charge on any atom is -0.496 e. The Morgan fingerprint density at radius 3 is 2.85 bits per heavy atom. The number of hydrogen-bond acceptors (Lipinski definition) is 6. The molecule has 0 spiro atoms. The topological polar surface area (TPSA) is 72.0 Å². The molecule has 0 amide bonds. The van der Waals surface area contributed by atoms with Crippen molar-refractivity contribution in [2.24, 2.45) is 0 Å². The molecular formula is C19H20ClN5O. The molecule has 26 heavy (non-hydrogen) atoms. The highest BCUT2D eigenvalue weighted by Crippen LogP contribution is 2.23. The SMILES string of the molecule is COc1ccccc1CCNc1cnnc(Nc2cc(Cl)ccc2C)n1. The average Bonchev–Trinajstić information content (AvgIpc) is 2.65. The van der Waals surface area contributed by atoms with Crippen molar-refractivity contribution in [3.63, 3.8) is 0 Å². The molecule has 2 N–H and O–H groups in total. The van der Waals surface area contributed by atoms with Crippen molar-refractivity contribution >= 4 is 29.1 Å². The van der Waals surface area contributed by atoms with Gasteiger partial charge < -0.3 is 15.4 Å². The van der Waals surface area contributed by atoms with E-state index in [0.717, 1.165) is 29.0 Å². The largest absolute Gasteiger partial charge is 0.496 e. The van der Waals surface area contributed by atoms with E-state index < -0.39 is 0 Å². The molecule has 1 heterocycles. The van der Waals surface area contributed by atoms with Crippen LogP contribution < -0.4 is 15.4 Å². The Bertz CT molecular complexity index is 887. The molecule has 0 atom stereocenters. The number of anilines is 3. The Hall–Kier alpha value is -2.86. The number of para-hydroxylation sites is 1. The minimum atomic E-state index is 0.414. The highest BCUT2D eigenvalue weighted by Gasteiger charge is 2.05. The normalized spacial score (nSPS) is 10.4. The van der Waals surface area contributed by atoms with Gasteiger partial charge in [-0.15, -0.1) is 5.10 Å². The molecular weight excluding hydrogens is 350 g/mol. The van der Waals surface area contributed by atoms with Gasteiger partial charge in [-0.05, 0) is 42.7 Å². The fourth-order valence-electron chi connectivity index (χ4n) is 2.53. The maximum absolute atomic E-state index is 6.05. The number of hydrogen-bond donors (Lipinski definition) is 2. The molecule has 134 valence electrons. The van der Waals surface area contributed by atoms with Gasteiger partial charge in [0, 0.05) is 17.3 Å². The molecule has 0 aliphatic heterocycles. The van der Waals surface area contributed by atoms with Gasteiger partial charge in [-0.1, -0.05) is 35.9 Å². The molecule has 3 rings (SSSR count). The number of methoxy groups -OCH3 is 1. The lowest BCUT2D eigenvalue weighted by Crippen LogP contribution is -2.09. The summed E-state index contributed by atoms with van der Waals surface area (Å²) >= 11 is 6.05. The van der Waals surface area contributed by atoms with Gasteiger partial charge in [-0.3, -0.25) is 0 Å². The first-order valence-electron chi connectivity index (χ1n) is 8.24. The molecule has 0 unspecified atom stereocenters. The molecule has 7 heteroatoms. The van der Waals surface area contributed by atoms with Gasteiger partial charge in [0.05, 0.1) is 13.3 Å². The number of halogens is 1. The molecule has 2 aromatic carbocycles. The van der Waals surface area contributed by atoms with Crippen LogP contribution in [0.3, 0.4) is 0 Å². The Balaban J connectivity index is 1.63. The van der Waals surface area contributed by atoms with Crippen LogP contribution in [0.4, 0.5) is 17.5 Å². The second-order valence-electron chi connectivity index (χ2n) is 5.74. The van der Waals surface area contributed by atoms with Gasteiger partial charge in [0.1, 0.15) is 5.75 Å². The summed E-state index contributed by atoms with van der Waals surface area (Å²) in [6.07, 6.45) is 2.41. The number of aryl methyl sites for hydroxylation is 1. The lowest BCUT2D eigenvalue weighted by molar-refractivity contribution is 0.410. The molecule has 6 nitrogen and oxygen atoms in total. The van der Waals surface area contributed by atoms with Crippen LogP contribution in [0.1, 0.15) is 11.1 Å². The molecule has 1 aromatic heterocycles. The summed E-state index contributed by atoms with van der Waals surface area (Å²) in [4.78, 5) is 4.44. The van der Waals surface area contributed by atoms with E-state index in [9.17, 15) is 0 Å². The summed E-state index contributed by atoms with van der Waals surface area (Å²) in [5.41, 5.74) is 3.04. The zero-order valence-corrected chi connectivity index (χ0v) is 15.4. The third kappa shape index (κ3) is 4.61. The number of nitrogens with one attached hydrogen (secondary N) is 2. The van der Waals surface area contributed by atoms with E-state index in [2.05, 4.69) is 25.8 Å². The number of benzene rings is 2. The molecule has 0 saturated carbocycles. The predicted molar refractivity (Wildman–Crippen MR) is 104 cm³/mol. The van der Waals surface area contributed by atoms with Crippen molar-refractivity contribution in [2.45, 2.75) is 13.3 Å². The van der Waals surface area contributed by atoms with Crippen LogP contribution in [-0.2, 0) is 6.42 Å². The Morgan fingerprint density at radius 1 is 1.15 bits per heavy atom. The van der Waals surface area contributed by atoms with Crippen molar-refractivity contribution in [3.8, 4) is 5.75 Å². The van der Waals surface area contributed by atoms with Gasteiger partial charge in [0.2, 0.25) is 5.95 Å². The van der Waals surface area contributed by atoms with E-state index in [1.54, 1.807) is 13.3 Å². The maximum Gasteiger partial charge on any atom is 0.249 e. The van der Waals surface area contributed by atoms with E-state index in [-0.39, 0.29) is 0 Å². The Morgan fingerprint density at radius 2 is 2.00 bits per heavy atom.